The average Bonchev–Trinajstić information content (AvgIpc) is 2.91. The van der Waals surface area contributed by atoms with Gasteiger partial charge in [-0.25, -0.2) is 4.98 Å². The van der Waals surface area contributed by atoms with Crippen molar-refractivity contribution in [2.24, 2.45) is 0 Å². The van der Waals surface area contributed by atoms with E-state index in [9.17, 15) is 0 Å². The third-order valence-corrected chi connectivity index (χ3v) is 3.29. The number of rotatable bonds is 7. The van der Waals surface area contributed by atoms with E-state index in [0.29, 0.717) is 29.2 Å². The molecule has 2 heterocycles. The van der Waals surface area contributed by atoms with Crippen LogP contribution in [-0.2, 0) is 6.54 Å². The molecule has 114 valence electrons. The zero-order valence-electron chi connectivity index (χ0n) is 12.6. The lowest BCUT2D eigenvalue weighted by Crippen LogP contribution is -2.15. The highest BCUT2D eigenvalue weighted by Gasteiger charge is 2.08. The maximum absolute atomic E-state index is 6.15. The zero-order chi connectivity index (χ0) is 15.2. The van der Waals surface area contributed by atoms with E-state index in [1.54, 1.807) is 18.3 Å². The van der Waals surface area contributed by atoms with Crippen molar-refractivity contribution in [2.75, 3.05) is 6.54 Å². The van der Waals surface area contributed by atoms with Crippen LogP contribution < -0.4 is 10.1 Å². The Morgan fingerprint density at radius 2 is 2.19 bits per heavy atom. The van der Waals surface area contributed by atoms with Gasteiger partial charge < -0.3 is 10.1 Å². The molecule has 0 spiro atoms. The fourth-order valence-corrected chi connectivity index (χ4v) is 1.98. The molecule has 0 aliphatic carbocycles. The minimum atomic E-state index is 0.300. The van der Waals surface area contributed by atoms with Gasteiger partial charge in [0.05, 0.1) is 23.1 Å². The van der Waals surface area contributed by atoms with E-state index in [-0.39, 0.29) is 0 Å². The Balaban J connectivity index is 2.07. The number of halogens is 1. The highest BCUT2D eigenvalue weighted by Crippen LogP contribution is 2.23. The van der Waals surface area contributed by atoms with E-state index >= 15 is 0 Å². The van der Waals surface area contributed by atoms with E-state index in [1.165, 1.54) is 0 Å². The van der Waals surface area contributed by atoms with Gasteiger partial charge in [-0.05, 0) is 32.9 Å². The summed E-state index contributed by atoms with van der Waals surface area (Å²) in [5.74, 6) is 1.20. The number of nitrogens with one attached hydrogen (secondary N) is 1. The second kappa shape index (κ2) is 7.43. The van der Waals surface area contributed by atoms with Gasteiger partial charge in [-0.3, -0.25) is 4.68 Å². The van der Waals surface area contributed by atoms with Gasteiger partial charge >= 0.3 is 0 Å². The highest BCUT2D eigenvalue weighted by molar-refractivity contribution is 6.31. The summed E-state index contributed by atoms with van der Waals surface area (Å²) in [7, 11) is 0. The molecule has 0 saturated carbocycles. The van der Waals surface area contributed by atoms with Gasteiger partial charge in [-0.2, -0.15) is 5.10 Å². The van der Waals surface area contributed by atoms with Crippen LogP contribution in [0.5, 0.6) is 11.6 Å². The lowest BCUT2D eigenvalue weighted by molar-refractivity contribution is 0.456. The number of hydrogen-bond donors (Lipinski definition) is 1. The van der Waals surface area contributed by atoms with Crippen molar-refractivity contribution in [1.29, 1.82) is 0 Å². The molecular weight excluding hydrogens is 288 g/mol. The molecule has 0 atom stereocenters. The Labute approximate surface area is 130 Å². The maximum Gasteiger partial charge on any atom is 0.219 e. The summed E-state index contributed by atoms with van der Waals surface area (Å²) in [5.41, 5.74) is 0.791. The highest BCUT2D eigenvalue weighted by atomic mass is 35.5. The first-order valence-electron chi connectivity index (χ1n) is 7.18. The summed E-state index contributed by atoms with van der Waals surface area (Å²) in [6.07, 6.45) is 4.61. The van der Waals surface area contributed by atoms with Crippen LogP contribution in [0, 0.1) is 0 Å². The lowest BCUT2D eigenvalue weighted by Gasteiger charge is -2.08. The van der Waals surface area contributed by atoms with Gasteiger partial charge in [0.15, 0.2) is 5.75 Å². The lowest BCUT2D eigenvalue weighted by atomic mass is 10.3. The van der Waals surface area contributed by atoms with Crippen LogP contribution in [-0.4, -0.2) is 21.3 Å². The Hall–Kier alpha value is -1.59. The normalized spacial score (nSPS) is 11.1. The number of nitrogens with zero attached hydrogens (tertiary/aromatic N) is 3. The summed E-state index contributed by atoms with van der Waals surface area (Å²) in [5, 5.41) is 8.16. The number of ether oxygens (including phenoxy) is 1. The Bertz CT molecular complexity index is 583. The third-order valence-electron chi connectivity index (χ3n) is 2.94. The van der Waals surface area contributed by atoms with Crippen molar-refractivity contribution in [3.63, 3.8) is 0 Å². The largest absolute Gasteiger partial charge is 0.436 e. The van der Waals surface area contributed by atoms with Crippen molar-refractivity contribution in [3.8, 4) is 11.6 Å². The number of aromatic nitrogens is 3. The molecule has 0 amide bonds. The van der Waals surface area contributed by atoms with Gasteiger partial charge in [-0.15, -0.1) is 0 Å². The summed E-state index contributed by atoms with van der Waals surface area (Å²) in [4.78, 5) is 4.44. The minimum Gasteiger partial charge on any atom is -0.436 e. The van der Waals surface area contributed by atoms with E-state index in [0.717, 1.165) is 18.7 Å². The first-order valence-corrected chi connectivity index (χ1v) is 7.56. The van der Waals surface area contributed by atoms with Crippen LogP contribution in [0.3, 0.4) is 0 Å². The number of pyridine rings is 1. The third kappa shape index (κ3) is 4.44. The monoisotopic (exact) mass is 308 g/mol. The maximum atomic E-state index is 6.15. The molecule has 0 aliphatic heterocycles. The minimum absolute atomic E-state index is 0.300. The summed E-state index contributed by atoms with van der Waals surface area (Å²) < 4.78 is 7.57. The fraction of sp³-hybridized carbons (Fsp3) is 0.467. The molecule has 0 saturated heterocycles. The second-order valence-corrected chi connectivity index (χ2v) is 5.51. The average molecular weight is 309 g/mol. The molecule has 0 aromatic carbocycles. The van der Waals surface area contributed by atoms with E-state index in [1.807, 2.05) is 10.9 Å². The van der Waals surface area contributed by atoms with Crippen LogP contribution in [0.1, 0.15) is 38.9 Å². The van der Waals surface area contributed by atoms with Crippen LogP contribution in [0.4, 0.5) is 0 Å². The molecule has 2 rings (SSSR count). The van der Waals surface area contributed by atoms with E-state index in [2.05, 4.69) is 36.2 Å². The summed E-state index contributed by atoms with van der Waals surface area (Å²) in [6, 6.07) is 3.87. The van der Waals surface area contributed by atoms with Crippen molar-refractivity contribution >= 4 is 11.6 Å². The summed E-state index contributed by atoms with van der Waals surface area (Å²) >= 11 is 6.15. The molecule has 2 aromatic rings. The molecule has 0 radical (unpaired) electrons. The molecule has 0 unspecified atom stereocenters. The van der Waals surface area contributed by atoms with Gasteiger partial charge in [0, 0.05) is 18.7 Å². The molecule has 21 heavy (non-hydrogen) atoms. The smallest absolute Gasteiger partial charge is 0.219 e. The van der Waals surface area contributed by atoms with Crippen LogP contribution in [0.25, 0.3) is 0 Å². The molecule has 5 nitrogen and oxygen atoms in total. The molecular formula is C15H21ClN4O. The fourth-order valence-electron chi connectivity index (χ4n) is 1.81. The van der Waals surface area contributed by atoms with Gasteiger partial charge in [-0.1, -0.05) is 18.5 Å². The van der Waals surface area contributed by atoms with E-state index < -0.39 is 0 Å². The number of hydrogen-bond acceptors (Lipinski definition) is 4. The first-order chi connectivity index (χ1) is 10.1. The quantitative estimate of drug-likeness (QED) is 0.790. The topological polar surface area (TPSA) is 52.0 Å². The molecule has 0 fully saturated rings. The predicted molar refractivity (Wildman–Crippen MR) is 83.9 cm³/mol. The molecule has 0 aliphatic rings. The van der Waals surface area contributed by atoms with E-state index in [4.69, 9.17) is 16.3 Å². The second-order valence-electron chi connectivity index (χ2n) is 5.11. The Morgan fingerprint density at radius 1 is 1.38 bits per heavy atom. The van der Waals surface area contributed by atoms with Gasteiger partial charge in [0.1, 0.15) is 0 Å². The van der Waals surface area contributed by atoms with Crippen molar-refractivity contribution in [1.82, 2.24) is 20.1 Å². The Morgan fingerprint density at radius 3 is 2.86 bits per heavy atom. The van der Waals surface area contributed by atoms with Crippen molar-refractivity contribution in [2.45, 2.75) is 39.8 Å². The predicted octanol–water partition coefficient (Wildman–Crippen LogP) is 3.80. The van der Waals surface area contributed by atoms with Crippen LogP contribution >= 0.6 is 11.6 Å². The van der Waals surface area contributed by atoms with Crippen molar-refractivity contribution in [3.05, 3.63) is 35.2 Å². The van der Waals surface area contributed by atoms with Gasteiger partial charge in [0.2, 0.25) is 5.88 Å². The van der Waals surface area contributed by atoms with Crippen LogP contribution in [0.15, 0.2) is 24.5 Å². The molecule has 1 N–H and O–H groups in total. The standard InChI is InChI=1S/C15H21ClN4O/c1-4-7-17-9-14-13(16)5-6-15(19-14)21-12-8-18-20(10-12)11(2)3/h5-6,8,10-11,17H,4,7,9H2,1-3H3. The first kappa shape index (κ1) is 15.8. The molecule has 0 bridgehead atoms. The molecule has 6 heteroatoms. The summed E-state index contributed by atoms with van der Waals surface area (Å²) in [6.45, 7) is 7.82. The SMILES string of the molecule is CCCNCc1nc(Oc2cnn(C(C)C)c2)ccc1Cl. The van der Waals surface area contributed by atoms with Gasteiger partial charge in [0.25, 0.3) is 0 Å². The molecule has 2 aromatic heterocycles. The Kier molecular flexibility index (Phi) is 5.59. The zero-order valence-corrected chi connectivity index (χ0v) is 13.4. The van der Waals surface area contributed by atoms with Crippen LogP contribution in [0.2, 0.25) is 5.02 Å². The van der Waals surface area contributed by atoms with Crippen molar-refractivity contribution < 1.29 is 4.74 Å².